The van der Waals surface area contributed by atoms with E-state index in [9.17, 15) is 14.9 Å². The summed E-state index contributed by atoms with van der Waals surface area (Å²) in [6.45, 7) is 0. The highest BCUT2D eigenvalue weighted by molar-refractivity contribution is 14.1. The number of halogens is 2. The zero-order chi connectivity index (χ0) is 16.1. The van der Waals surface area contributed by atoms with E-state index in [1.54, 1.807) is 18.2 Å². The number of hydrogen-bond donors (Lipinski definition) is 1. The minimum Gasteiger partial charge on any atom is -0.267 e. The first kappa shape index (κ1) is 16.4. The molecule has 0 bridgehead atoms. The van der Waals surface area contributed by atoms with E-state index in [0.717, 1.165) is 3.57 Å². The third-order valence-corrected chi connectivity index (χ3v) is 3.93. The number of benzene rings is 2. The summed E-state index contributed by atoms with van der Waals surface area (Å²) in [4.78, 5) is 22.1. The zero-order valence-corrected chi connectivity index (χ0v) is 13.9. The normalized spacial score (nSPS) is 10.6. The average molecular weight is 430 g/mol. The number of amides is 1. The molecule has 0 radical (unpaired) electrons. The third-order valence-electron chi connectivity index (χ3n) is 2.67. The van der Waals surface area contributed by atoms with Crippen LogP contribution in [0.25, 0.3) is 0 Å². The molecule has 0 heterocycles. The Labute approximate surface area is 144 Å². The van der Waals surface area contributed by atoms with Gasteiger partial charge < -0.3 is 0 Å². The molecule has 0 atom stereocenters. The third kappa shape index (κ3) is 4.01. The van der Waals surface area contributed by atoms with E-state index in [2.05, 4.69) is 33.1 Å². The first-order chi connectivity index (χ1) is 10.5. The smallest absolute Gasteiger partial charge is 0.267 e. The predicted octanol–water partition coefficient (Wildman–Crippen LogP) is 3.62. The Hall–Kier alpha value is -2.00. The first-order valence-electron chi connectivity index (χ1n) is 6.01. The van der Waals surface area contributed by atoms with Crippen molar-refractivity contribution in [3.05, 3.63) is 72.3 Å². The van der Waals surface area contributed by atoms with Gasteiger partial charge in [0.2, 0.25) is 0 Å². The lowest BCUT2D eigenvalue weighted by Gasteiger charge is -2.02. The van der Waals surface area contributed by atoms with Crippen molar-refractivity contribution < 1.29 is 9.72 Å². The Bertz CT molecular complexity index is 765. The van der Waals surface area contributed by atoms with Crippen LogP contribution in [-0.4, -0.2) is 17.0 Å². The summed E-state index contributed by atoms with van der Waals surface area (Å²) in [5, 5.41) is 14.6. The molecule has 0 aliphatic heterocycles. The SMILES string of the molecule is O=C(N/N=C\c1ccc(Cl)c([N+](=O)[O-])c1)c1ccccc1I. The highest BCUT2D eigenvalue weighted by Crippen LogP contribution is 2.24. The monoisotopic (exact) mass is 429 g/mol. The number of nitro benzene ring substituents is 1. The molecular weight excluding hydrogens is 421 g/mol. The standard InChI is InChI=1S/C14H9ClIN3O3/c15-11-6-5-9(7-13(11)19(21)22)8-17-18-14(20)10-3-1-2-4-12(10)16/h1-8H,(H,18,20)/b17-8-. The summed E-state index contributed by atoms with van der Waals surface area (Å²) in [7, 11) is 0. The highest BCUT2D eigenvalue weighted by Gasteiger charge is 2.12. The van der Waals surface area contributed by atoms with Crippen molar-refractivity contribution in [2.45, 2.75) is 0 Å². The van der Waals surface area contributed by atoms with Gasteiger partial charge in [-0.3, -0.25) is 14.9 Å². The molecule has 1 N–H and O–H groups in total. The largest absolute Gasteiger partial charge is 0.288 e. The molecule has 2 aromatic carbocycles. The van der Waals surface area contributed by atoms with Crippen LogP contribution in [0.15, 0.2) is 47.6 Å². The number of carbonyl (C=O) groups is 1. The van der Waals surface area contributed by atoms with Crippen LogP contribution in [0.3, 0.4) is 0 Å². The second-order valence-corrected chi connectivity index (χ2v) is 5.72. The molecule has 1 amide bonds. The van der Waals surface area contributed by atoms with E-state index in [4.69, 9.17) is 11.6 Å². The van der Waals surface area contributed by atoms with Gasteiger partial charge in [0.05, 0.1) is 16.7 Å². The molecule has 0 fully saturated rings. The molecule has 22 heavy (non-hydrogen) atoms. The molecule has 0 spiro atoms. The Morgan fingerprint density at radius 1 is 1.32 bits per heavy atom. The van der Waals surface area contributed by atoms with Crippen molar-refractivity contribution >= 4 is 52.0 Å². The van der Waals surface area contributed by atoms with Crippen molar-refractivity contribution in [3.8, 4) is 0 Å². The Balaban J connectivity index is 2.10. The van der Waals surface area contributed by atoms with E-state index in [1.165, 1.54) is 18.3 Å². The molecule has 0 saturated carbocycles. The number of hydrazone groups is 1. The van der Waals surface area contributed by atoms with E-state index in [0.29, 0.717) is 11.1 Å². The van der Waals surface area contributed by atoms with Crippen LogP contribution >= 0.6 is 34.2 Å². The lowest BCUT2D eigenvalue weighted by molar-refractivity contribution is -0.384. The fraction of sp³-hybridized carbons (Fsp3) is 0. The summed E-state index contributed by atoms with van der Waals surface area (Å²) in [6.07, 6.45) is 1.32. The number of nitrogens with zero attached hydrogens (tertiary/aromatic N) is 2. The summed E-state index contributed by atoms with van der Waals surface area (Å²) >= 11 is 7.77. The van der Waals surface area contributed by atoms with Gasteiger partial charge in [-0.2, -0.15) is 5.10 Å². The van der Waals surface area contributed by atoms with Crippen molar-refractivity contribution in [1.29, 1.82) is 0 Å². The molecule has 0 aromatic heterocycles. The van der Waals surface area contributed by atoms with Crippen molar-refractivity contribution in [1.82, 2.24) is 5.43 Å². The summed E-state index contributed by atoms with van der Waals surface area (Å²) < 4.78 is 0.801. The molecule has 2 rings (SSSR count). The van der Waals surface area contributed by atoms with Gasteiger partial charge in [0.25, 0.3) is 11.6 Å². The Morgan fingerprint density at radius 2 is 2.05 bits per heavy atom. The van der Waals surface area contributed by atoms with E-state index in [-0.39, 0.29) is 16.6 Å². The lowest BCUT2D eigenvalue weighted by atomic mass is 10.2. The summed E-state index contributed by atoms with van der Waals surface area (Å²) in [5.41, 5.74) is 3.12. The second kappa shape index (κ2) is 7.32. The molecule has 2 aromatic rings. The number of rotatable bonds is 4. The van der Waals surface area contributed by atoms with Gasteiger partial charge in [-0.1, -0.05) is 29.8 Å². The van der Waals surface area contributed by atoms with E-state index < -0.39 is 4.92 Å². The van der Waals surface area contributed by atoms with Gasteiger partial charge >= 0.3 is 0 Å². The van der Waals surface area contributed by atoms with Crippen molar-refractivity contribution in [2.75, 3.05) is 0 Å². The van der Waals surface area contributed by atoms with Gasteiger partial charge in [-0.05, 0) is 40.8 Å². The second-order valence-electron chi connectivity index (χ2n) is 4.15. The van der Waals surface area contributed by atoms with Gasteiger partial charge in [0, 0.05) is 15.2 Å². The van der Waals surface area contributed by atoms with Crippen LogP contribution in [0, 0.1) is 13.7 Å². The van der Waals surface area contributed by atoms with Gasteiger partial charge in [-0.15, -0.1) is 0 Å². The maximum atomic E-state index is 11.9. The van der Waals surface area contributed by atoms with Gasteiger partial charge in [0.15, 0.2) is 0 Å². The van der Waals surface area contributed by atoms with Crippen LogP contribution in [0.4, 0.5) is 5.69 Å². The number of carbonyl (C=O) groups excluding carboxylic acids is 1. The minimum atomic E-state index is -0.579. The van der Waals surface area contributed by atoms with Crippen molar-refractivity contribution in [3.63, 3.8) is 0 Å². The molecular formula is C14H9ClIN3O3. The number of nitro groups is 1. The predicted molar refractivity (Wildman–Crippen MR) is 92.3 cm³/mol. The van der Waals surface area contributed by atoms with E-state index in [1.807, 2.05) is 12.1 Å². The van der Waals surface area contributed by atoms with Crippen LogP contribution in [-0.2, 0) is 0 Å². The molecule has 6 nitrogen and oxygen atoms in total. The van der Waals surface area contributed by atoms with Crippen LogP contribution in [0.2, 0.25) is 5.02 Å². The van der Waals surface area contributed by atoms with E-state index >= 15 is 0 Å². The number of hydrogen-bond acceptors (Lipinski definition) is 4. The topological polar surface area (TPSA) is 84.6 Å². The molecule has 0 aliphatic carbocycles. The summed E-state index contributed by atoms with van der Waals surface area (Å²) in [5.74, 6) is -0.357. The average Bonchev–Trinajstić information content (AvgIpc) is 2.49. The van der Waals surface area contributed by atoms with Gasteiger partial charge in [-0.25, -0.2) is 5.43 Å². The Morgan fingerprint density at radius 3 is 2.73 bits per heavy atom. The maximum absolute atomic E-state index is 11.9. The fourth-order valence-corrected chi connectivity index (χ4v) is 2.44. The maximum Gasteiger partial charge on any atom is 0.288 e. The zero-order valence-electron chi connectivity index (χ0n) is 11.0. The van der Waals surface area contributed by atoms with Crippen LogP contribution in [0.1, 0.15) is 15.9 Å². The first-order valence-corrected chi connectivity index (χ1v) is 7.46. The van der Waals surface area contributed by atoms with Crippen LogP contribution in [0.5, 0.6) is 0 Å². The van der Waals surface area contributed by atoms with Gasteiger partial charge in [0.1, 0.15) is 5.02 Å². The molecule has 112 valence electrons. The molecule has 8 heteroatoms. The quantitative estimate of drug-likeness (QED) is 0.349. The number of nitrogens with one attached hydrogen (secondary N) is 1. The molecule has 0 unspecified atom stereocenters. The van der Waals surface area contributed by atoms with Crippen LogP contribution < -0.4 is 5.43 Å². The lowest BCUT2D eigenvalue weighted by Crippen LogP contribution is -2.18. The Kier molecular flexibility index (Phi) is 5.45. The fourth-order valence-electron chi connectivity index (χ4n) is 1.62. The van der Waals surface area contributed by atoms with Crippen molar-refractivity contribution in [2.24, 2.45) is 5.10 Å². The molecule has 0 saturated heterocycles. The minimum absolute atomic E-state index is 0.0463. The molecule has 0 aliphatic rings. The highest BCUT2D eigenvalue weighted by atomic mass is 127. The summed E-state index contributed by atoms with van der Waals surface area (Å²) in [6, 6.07) is 11.3.